The van der Waals surface area contributed by atoms with Crippen LogP contribution in [0.2, 0.25) is 0 Å². The molecule has 0 fully saturated rings. The highest BCUT2D eigenvalue weighted by molar-refractivity contribution is 5.71. The fourth-order valence-electron chi connectivity index (χ4n) is 7.22. The second-order valence-electron chi connectivity index (χ2n) is 17.1. The molecule has 0 saturated carbocycles. The molecule has 0 bridgehead atoms. The van der Waals surface area contributed by atoms with Gasteiger partial charge in [-0.1, -0.05) is 211 Å². The molecule has 0 rings (SSSR count). The van der Waals surface area contributed by atoms with Crippen molar-refractivity contribution in [3.63, 3.8) is 0 Å². The first kappa shape index (κ1) is 57.4. The van der Waals surface area contributed by atoms with Crippen LogP contribution in [0.1, 0.15) is 258 Å². The average Bonchev–Trinajstić information content (AvgIpc) is 3.24. The molecule has 0 N–H and O–H groups in total. The van der Waals surface area contributed by atoms with E-state index in [0.29, 0.717) is 19.3 Å². The van der Waals surface area contributed by atoms with Gasteiger partial charge < -0.3 is 14.2 Å². The lowest BCUT2D eigenvalue weighted by Crippen LogP contribution is -2.30. The van der Waals surface area contributed by atoms with Crippen LogP contribution in [0.3, 0.4) is 0 Å². The minimum atomic E-state index is -0.782. The van der Waals surface area contributed by atoms with Crippen LogP contribution in [0, 0.1) is 0 Å². The van der Waals surface area contributed by atoms with Gasteiger partial charge in [-0.15, -0.1) is 0 Å². The number of rotatable bonds is 46. The minimum Gasteiger partial charge on any atom is -0.462 e. The molecular weight excluding hydrogens is 745 g/mol. The Morgan fingerprint density at radius 2 is 0.650 bits per heavy atom. The quantitative estimate of drug-likeness (QED) is 0.0263. The van der Waals surface area contributed by atoms with E-state index in [-0.39, 0.29) is 31.1 Å². The van der Waals surface area contributed by atoms with Crippen LogP contribution < -0.4 is 0 Å². The van der Waals surface area contributed by atoms with E-state index >= 15 is 0 Å². The maximum atomic E-state index is 12.7. The Balaban J connectivity index is 4.31. The molecule has 0 aromatic rings. The maximum Gasteiger partial charge on any atom is 0.306 e. The Kier molecular flexibility index (Phi) is 46.9. The van der Waals surface area contributed by atoms with E-state index in [2.05, 4.69) is 69.4 Å². The molecule has 348 valence electrons. The summed E-state index contributed by atoms with van der Waals surface area (Å²) >= 11 is 0. The van der Waals surface area contributed by atoms with Gasteiger partial charge in [-0.2, -0.15) is 0 Å². The Bertz CT molecular complexity index is 1060. The van der Waals surface area contributed by atoms with Gasteiger partial charge in [0.05, 0.1) is 0 Å². The number of hydrogen-bond acceptors (Lipinski definition) is 6. The summed E-state index contributed by atoms with van der Waals surface area (Å²) in [7, 11) is 0. The summed E-state index contributed by atoms with van der Waals surface area (Å²) in [5.74, 6) is -0.906. The first-order valence-corrected chi connectivity index (χ1v) is 25.6. The fourth-order valence-corrected chi connectivity index (χ4v) is 7.22. The summed E-state index contributed by atoms with van der Waals surface area (Å²) in [6, 6.07) is 0. The van der Waals surface area contributed by atoms with E-state index in [1.54, 1.807) is 0 Å². The molecular formula is C54H96O6. The van der Waals surface area contributed by atoms with Crippen LogP contribution in [-0.2, 0) is 28.6 Å². The largest absolute Gasteiger partial charge is 0.462 e. The highest BCUT2D eigenvalue weighted by atomic mass is 16.6. The van der Waals surface area contributed by atoms with Gasteiger partial charge in [-0.3, -0.25) is 14.4 Å². The number of carbonyl (C=O) groups is 3. The van der Waals surface area contributed by atoms with E-state index in [1.165, 1.54) is 128 Å². The van der Waals surface area contributed by atoms with Gasteiger partial charge >= 0.3 is 17.9 Å². The van der Waals surface area contributed by atoms with Gasteiger partial charge in [0.2, 0.25) is 0 Å². The van der Waals surface area contributed by atoms with Gasteiger partial charge in [0, 0.05) is 19.3 Å². The topological polar surface area (TPSA) is 78.9 Å². The third-order valence-electron chi connectivity index (χ3n) is 11.1. The third kappa shape index (κ3) is 46.4. The van der Waals surface area contributed by atoms with Gasteiger partial charge in [0.25, 0.3) is 0 Å². The van der Waals surface area contributed by atoms with Crippen molar-refractivity contribution in [1.82, 2.24) is 0 Å². The van der Waals surface area contributed by atoms with Gasteiger partial charge in [0.15, 0.2) is 6.10 Å². The van der Waals surface area contributed by atoms with E-state index in [0.717, 1.165) is 89.9 Å². The zero-order chi connectivity index (χ0) is 43.7. The lowest BCUT2D eigenvalue weighted by atomic mass is 10.1. The number of carbonyl (C=O) groups excluding carboxylic acids is 3. The lowest BCUT2D eigenvalue weighted by molar-refractivity contribution is -0.167. The number of hydrogen-bond donors (Lipinski definition) is 0. The molecule has 0 aromatic carbocycles. The van der Waals surface area contributed by atoms with Crippen molar-refractivity contribution in [2.24, 2.45) is 0 Å². The zero-order valence-electron chi connectivity index (χ0n) is 39.7. The zero-order valence-corrected chi connectivity index (χ0v) is 39.7. The van der Waals surface area contributed by atoms with Gasteiger partial charge in [-0.05, 0) is 77.0 Å². The van der Waals surface area contributed by atoms with Gasteiger partial charge in [-0.25, -0.2) is 0 Å². The maximum absolute atomic E-state index is 12.7. The van der Waals surface area contributed by atoms with Crippen LogP contribution in [0.5, 0.6) is 0 Å². The van der Waals surface area contributed by atoms with Crippen molar-refractivity contribution in [2.45, 2.75) is 264 Å². The van der Waals surface area contributed by atoms with E-state index < -0.39 is 6.10 Å². The highest BCUT2D eigenvalue weighted by Crippen LogP contribution is 2.15. The molecule has 0 spiro atoms. The van der Waals surface area contributed by atoms with Crippen molar-refractivity contribution in [1.29, 1.82) is 0 Å². The Morgan fingerprint density at radius 1 is 0.350 bits per heavy atom. The SMILES string of the molecule is CC/C=C\C/C=C\C/C=C\CCCCCCC(=O)OC(COC(=O)CCCCCCCCC/C=C\CCCCCCCCCC)COC(=O)CCCCCCCCCCC. The Labute approximate surface area is 371 Å². The highest BCUT2D eigenvalue weighted by Gasteiger charge is 2.19. The predicted molar refractivity (Wildman–Crippen MR) is 256 cm³/mol. The standard InChI is InChI=1S/C54H96O6/c1-4-7-10-13-16-19-21-23-25-26-27-28-29-31-32-35-38-41-44-47-53(56)59-50-51(49-58-52(55)46-43-40-37-34-18-15-12-9-6-3)60-54(57)48-45-42-39-36-33-30-24-22-20-17-14-11-8-5-2/h8,11,17,20,24,26-27,30,51H,4-7,9-10,12-16,18-19,21-23,25,28-29,31-50H2,1-3H3/b11-8-,20-17-,27-26-,30-24-. The van der Waals surface area contributed by atoms with E-state index in [4.69, 9.17) is 14.2 Å². The van der Waals surface area contributed by atoms with Gasteiger partial charge in [0.1, 0.15) is 13.2 Å². The lowest BCUT2D eigenvalue weighted by Gasteiger charge is -2.18. The van der Waals surface area contributed by atoms with E-state index in [9.17, 15) is 14.4 Å². The number of esters is 3. The molecule has 6 nitrogen and oxygen atoms in total. The fraction of sp³-hybridized carbons (Fsp3) is 0.796. The summed E-state index contributed by atoms with van der Waals surface area (Å²) in [5.41, 5.74) is 0. The summed E-state index contributed by atoms with van der Waals surface area (Å²) in [5, 5.41) is 0. The average molecular weight is 841 g/mol. The number of ether oxygens (including phenoxy) is 3. The molecule has 0 heterocycles. The van der Waals surface area contributed by atoms with Crippen molar-refractivity contribution in [2.75, 3.05) is 13.2 Å². The molecule has 0 aromatic heterocycles. The smallest absolute Gasteiger partial charge is 0.306 e. The van der Waals surface area contributed by atoms with Crippen LogP contribution in [0.15, 0.2) is 48.6 Å². The van der Waals surface area contributed by atoms with Crippen LogP contribution in [0.25, 0.3) is 0 Å². The third-order valence-corrected chi connectivity index (χ3v) is 11.1. The molecule has 0 amide bonds. The minimum absolute atomic E-state index is 0.0821. The monoisotopic (exact) mass is 841 g/mol. The van der Waals surface area contributed by atoms with Crippen LogP contribution >= 0.6 is 0 Å². The van der Waals surface area contributed by atoms with Crippen LogP contribution in [0.4, 0.5) is 0 Å². The Hall–Kier alpha value is -2.63. The van der Waals surface area contributed by atoms with Crippen molar-refractivity contribution in [3.8, 4) is 0 Å². The first-order chi connectivity index (χ1) is 29.5. The van der Waals surface area contributed by atoms with Crippen molar-refractivity contribution < 1.29 is 28.6 Å². The molecule has 0 saturated heterocycles. The summed E-state index contributed by atoms with van der Waals surface area (Å²) < 4.78 is 16.7. The van der Waals surface area contributed by atoms with Crippen LogP contribution in [-0.4, -0.2) is 37.2 Å². The molecule has 1 unspecified atom stereocenters. The van der Waals surface area contributed by atoms with Crippen molar-refractivity contribution >= 4 is 17.9 Å². The summed E-state index contributed by atoms with van der Waals surface area (Å²) in [6.45, 7) is 6.49. The second-order valence-corrected chi connectivity index (χ2v) is 17.1. The summed E-state index contributed by atoms with van der Waals surface area (Å²) in [4.78, 5) is 37.8. The molecule has 1 atom stereocenters. The molecule has 0 aliphatic rings. The Morgan fingerprint density at radius 3 is 1.03 bits per heavy atom. The normalized spacial score (nSPS) is 12.4. The summed E-state index contributed by atoms with van der Waals surface area (Å²) in [6.07, 6.45) is 58.2. The second kappa shape index (κ2) is 49.0. The molecule has 60 heavy (non-hydrogen) atoms. The molecule has 0 radical (unpaired) electrons. The predicted octanol–water partition coefficient (Wildman–Crippen LogP) is 16.7. The molecule has 6 heteroatoms. The molecule has 0 aliphatic carbocycles. The number of unbranched alkanes of at least 4 members (excludes halogenated alkanes) is 27. The first-order valence-electron chi connectivity index (χ1n) is 25.6. The van der Waals surface area contributed by atoms with E-state index in [1.807, 2.05) is 0 Å². The number of allylic oxidation sites excluding steroid dienone is 8. The molecule has 0 aliphatic heterocycles. The van der Waals surface area contributed by atoms with Crippen molar-refractivity contribution in [3.05, 3.63) is 48.6 Å².